The molecule has 1 aromatic heterocycles. The van der Waals surface area contributed by atoms with Crippen LogP contribution < -0.4 is 0 Å². The van der Waals surface area contributed by atoms with Crippen molar-refractivity contribution in [2.24, 2.45) is 0 Å². The first-order valence-corrected chi connectivity index (χ1v) is 7.69. The van der Waals surface area contributed by atoms with Gasteiger partial charge in [0.2, 0.25) is 0 Å². The number of nitrogens with zero attached hydrogens (tertiary/aromatic N) is 2. The van der Waals surface area contributed by atoms with E-state index in [-0.39, 0.29) is 5.97 Å². The zero-order valence-electron chi connectivity index (χ0n) is 13.1. The maximum atomic E-state index is 11.8. The number of rotatable bonds is 4. The Balaban J connectivity index is 2.31. The Morgan fingerprint density at radius 1 is 1.29 bits per heavy atom. The lowest BCUT2D eigenvalue weighted by Crippen LogP contribution is -2.31. The van der Waals surface area contributed by atoms with E-state index in [2.05, 4.69) is 9.97 Å². The second-order valence-corrected chi connectivity index (χ2v) is 5.53. The Morgan fingerprint density at radius 2 is 1.95 bits per heavy atom. The highest BCUT2D eigenvalue weighted by Crippen LogP contribution is 2.37. The van der Waals surface area contributed by atoms with Crippen LogP contribution in [0.1, 0.15) is 67.3 Å². The monoisotopic (exact) mass is 292 g/mol. The van der Waals surface area contributed by atoms with Crippen molar-refractivity contribution in [1.82, 2.24) is 9.97 Å². The molecule has 1 fully saturated rings. The van der Waals surface area contributed by atoms with Crippen LogP contribution in [0, 0.1) is 6.92 Å². The molecular formula is C16H24N2O3. The first-order chi connectivity index (χ1) is 10.1. The molecule has 0 bridgehead atoms. The summed E-state index contributed by atoms with van der Waals surface area (Å²) >= 11 is 0. The van der Waals surface area contributed by atoms with Crippen molar-refractivity contribution in [3.63, 3.8) is 0 Å². The summed E-state index contributed by atoms with van der Waals surface area (Å²) in [6.45, 7) is 3.95. The Hall–Kier alpha value is -1.49. The molecule has 21 heavy (non-hydrogen) atoms. The lowest BCUT2D eigenvalue weighted by Gasteiger charge is -2.30. The molecule has 1 heterocycles. The second kappa shape index (κ2) is 6.98. The van der Waals surface area contributed by atoms with Gasteiger partial charge in [0.25, 0.3) is 0 Å². The molecule has 0 saturated heterocycles. The zero-order valence-corrected chi connectivity index (χ0v) is 13.1. The summed E-state index contributed by atoms with van der Waals surface area (Å²) in [5.41, 5.74) is 0.675. The van der Waals surface area contributed by atoms with E-state index in [1.807, 2.05) is 6.92 Å². The Morgan fingerprint density at radius 3 is 2.48 bits per heavy atom. The molecule has 0 aliphatic heterocycles. The third-order valence-corrected chi connectivity index (χ3v) is 4.18. The van der Waals surface area contributed by atoms with Gasteiger partial charge < -0.3 is 9.47 Å². The van der Waals surface area contributed by atoms with Gasteiger partial charge in [-0.2, -0.15) is 0 Å². The molecule has 0 aromatic carbocycles. The molecule has 1 aromatic rings. The quantitative estimate of drug-likeness (QED) is 0.630. The number of aryl methyl sites for hydroxylation is 1. The highest BCUT2D eigenvalue weighted by atomic mass is 16.5. The molecule has 116 valence electrons. The third-order valence-electron chi connectivity index (χ3n) is 4.18. The fraction of sp³-hybridized carbons (Fsp3) is 0.688. The van der Waals surface area contributed by atoms with E-state index in [9.17, 15) is 4.79 Å². The third kappa shape index (κ3) is 3.40. The van der Waals surface area contributed by atoms with Gasteiger partial charge >= 0.3 is 5.97 Å². The fourth-order valence-electron chi connectivity index (χ4n) is 2.91. The number of ether oxygens (including phenoxy) is 2. The predicted octanol–water partition coefficient (Wildman–Crippen LogP) is 3.16. The minimum absolute atomic E-state index is 0.349. The van der Waals surface area contributed by atoms with Crippen LogP contribution in [0.25, 0.3) is 0 Å². The predicted molar refractivity (Wildman–Crippen MR) is 79.1 cm³/mol. The summed E-state index contributed by atoms with van der Waals surface area (Å²) in [4.78, 5) is 20.8. The molecule has 0 spiro atoms. The van der Waals surface area contributed by atoms with Crippen molar-refractivity contribution in [2.75, 3.05) is 13.7 Å². The van der Waals surface area contributed by atoms with Gasteiger partial charge in [-0.05, 0) is 26.7 Å². The molecular weight excluding hydrogens is 268 g/mol. The number of carbonyl (C=O) groups is 1. The molecule has 1 saturated carbocycles. The summed E-state index contributed by atoms with van der Waals surface area (Å²) in [5.74, 6) is 0.325. The first kappa shape index (κ1) is 15.9. The van der Waals surface area contributed by atoms with Gasteiger partial charge in [0.1, 0.15) is 5.60 Å². The Labute approximate surface area is 126 Å². The van der Waals surface area contributed by atoms with Crippen LogP contribution in [0.3, 0.4) is 0 Å². The average molecular weight is 292 g/mol. The molecule has 0 radical (unpaired) electrons. The van der Waals surface area contributed by atoms with Crippen molar-refractivity contribution in [3.05, 3.63) is 23.3 Å². The van der Waals surface area contributed by atoms with E-state index in [0.29, 0.717) is 23.7 Å². The summed E-state index contributed by atoms with van der Waals surface area (Å²) < 4.78 is 10.8. The van der Waals surface area contributed by atoms with Crippen LogP contribution >= 0.6 is 0 Å². The highest BCUT2D eigenvalue weighted by Gasteiger charge is 2.36. The standard InChI is InChI=1S/C16H24N2O3/c1-4-21-14(19)13-11-17-15(18-12(13)2)16(20-3)9-7-5-6-8-10-16/h11H,4-10H2,1-3H3. The summed E-state index contributed by atoms with van der Waals surface area (Å²) in [6.07, 6.45) is 8.13. The van der Waals surface area contributed by atoms with Gasteiger partial charge in [-0.1, -0.05) is 25.7 Å². The van der Waals surface area contributed by atoms with Crippen molar-refractivity contribution in [3.8, 4) is 0 Å². The topological polar surface area (TPSA) is 61.3 Å². The van der Waals surface area contributed by atoms with Gasteiger partial charge in [0, 0.05) is 13.3 Å². The number of hydrogen-bond donors (Lipinski definition) is 0. The molecule has 1 aliphatic carbocycles. The molecule has 0 amide bonds. The van der Waals surface area contributed by atoms with E-state index in [1.165, 1.54) is 12.8 Å². The van der Waals surface area contributed by atoms with Gasteiger partial charge in [-0.25, -0.2) is 14.8 Å². The van der Waals surface area contributed by atoms with Crippen LogP contribution in [-0.4, -0.2) is 29.7 Å². The van der Waals surface area contributed by atoms with E-state index >= 15 is 0 Å². The number of hydrogen-bond acceptors (Lipinski definition) is 5. The highest BCUT2D eigenvalue weighted by molar-refractivity contribution is 5.90. The van der Waals surface area contributed by atoms with E-state index in [4.69, 9.17) is 9.47 Å². The van der Waals surface area contributed by atoms with Crippen LogP contribution in [0.5, 0.6) is 0 Å². The Bertz CT molecular complexity index is 494. The SMILES string of the molecule is CCOC(=O)c1cnc(C2(OC)CCCCCC2)nc1C. The van der Waals surface area contributed by atoms with Crippen LogP contribution in [0.15, 0.2) is 6.20 Å². The number of methoxy groups -OCH3 is 1. The minimum atomic E-state index is -0.408. The number of carbonyl (C=O) groups excluding carboxylic acids is 1. The zero-order chi connectivity index (χ0) is 15.3. The smallest absolute Gasteiger partial charge is 0.341 e. The second-order valence-electron chi connectivity index (χ2n) is 5.53. The van der Waals surface area contributed by atoms with Crippen LogP contribution in [0.2, 0.25) is 0 Å². The number of aromatic nitrogens is 2. The maximum absolute atomic E-state index is 11.8. The minimum Gasteiger partial charge on any atom is -0.462 e. The molecule has 0 unspecified atom stereocenters. The lowest BCUT2D eigenvalue weighted by atomic mass is 9.93. The first-order valence-electron chi connectivity index (χ1n) is 7.69. The van der Waals surface area contributed by atoms with Gasteiger partial charge in [-0.3, -0.25) is 0 Å². The maximum Gasteiger partial charge on any atom is 0.341 e. The van der Waals surface area contributed by atoms with Crippen LogP contribution in [0.4, 0.5) is 0 Å². The summed E-state index contributed by atoms with van der Waals surface area (Å²) in [6, 6.07) is 0. The van der Waals surface area contributed by atoms with Gasteiger partial charge in [0.05, 0.1) is 17.9 Å². The molecule has 0 N–H and O–H groups in total. The van der Waals surface area contributed by atoms with Gasteiger partial charge in [-0.15, -0.1) is 0 Å². The summed E-state index contributed by atoms with van der Waals surface area (Å²) in [5, 5.41) is 0. The molecule has 0 atom stereocenters. The van der Waals surface area contributed by atoms with Crippen molar-refractivity contribution < 1.29 is 14.3 Å². The largest absolute Gasteiger partial charge is 0.462 e. The molecule has 5 heteroatoms. The molecule has 5 nitrogen and oxygen atoms in total. The van der Waals surface area contributed by atoms with Crippen LogP contribution in [-0.2, 0) is 15.1 Å². The van der Waals surface area contributed by atoms with Crippen molar-refractivity contribution >= 4 is 5.97 Å². The van der Waals surface area contributed by atoms with E-state index in [0.717, 1.165) is 25.7 Å². The average Bonchev–Trinajstić information content (AvgIpc) is 2.73. The van der Waals surface area contributed by atoms with E-state index < -0.39 is 5.60 Å². The van der Waals surface area contributed by atoms with Gasteiger partial charge in [0.15, 0.2) is 5.82 Å². The normalized spacial score (nSPS) is 18.0. The molecule has 2 rings (SSSR count). The fourth-order valence-corrected chi connectivity index (χ4v) is 2.91. The molecule has 1 aliphatic rings. The summed E-state index contributed by atoms with van der Waals surface area (Å²) in [7, 11) is 1.73. The van der Waals surface area contributed by atoms with E-state index in [1.54, 1.807) is 20.2 Å². The lowest BCUT2D eigenvalue weighted by molar-refractivity contribution is -0.0353. The number of esters is 1. The Kier molecular flexibility index (Phi) is 5.28. The van der Waals surface area contributed by atoms with Crippen molar-refractivity contribution in [1.29, 1.82) is 0 Å². The van der Waals surface area contributed by atoms with Crippen molar-refractivity contribution in [2.45, 2.75) is 58.0 Å².